The molecule has 0 aromatic heterocycles. The van der Waals surface area contributed by atoms with Gasteiger partial charge in [-0.15, -0.1) is 0 Å². The Morgan fingerprint density at radius 3 is 2.11 bits per heavy atom. The Hall–Kier alpha value is -3.86. The molecule has 0 radical (unpaired) electrons. The number of carbonyl (C=O) groups is 1. The van der Waals surface area contributed by atoms with Gasteiger partial charge in [-0.3, -0.25) is 4.79 Å². The van der Waals surface area contributed by atoms with Gasteiger partial charge in [0.25, 0.3) is 5.91 Å². The SMILES string of the molecule is NC(=CC(=Nc1ccccc1Cl)c1ccc(C(=O)Nc2ccc(F)c(C(F)(F)F)c2)cc1)C(F)(F)F. The molecule has 0 aliphatic heterocycles. The summed E-state index contributed by atoms with van der Waals surface area (Å²) in [5, 5.41) is 2.38. The van der Waals surface area contributed by atoms with Crippen LogP contribution in [0.25, 0.3) is 0 Å². The maximum absolute atomic E-state index is 13.5. The van der Waals surface area contributed by atoms with Crippen molar-refractivity contribution in [1.82, 2.24) is 0 Å². The van der Waals surface area contributed by atoms with Crippen LogP contribution in [-0.2, 0) is 6.18 Å². The van der Waals surface area contributed by atoms with E-state index in [1.807, 2.05) is 0 Å². The summed E-state index contributed by atoms with van der Waals surface area (Å²) < 4.78 is 91.2. The topological polar surface area (TPSA) is 67.5 Å². The van der Waals surface area contributed by atoms with Gasteiger partial charge in [0, 0.05) is 16.8 Å². The average Bonchev–Trinajstić information content (AvgIpc) is 2.80. The number of allylic oxidation sites excluding steroid dienone is 2. The van der Waals surface area contributed by atoms with Crippen molar-refractivity contribution in [3.63, 3.8) is 0 Å². The normalized spacial score (nSPS) is 13.0. The number of hydrogen-bond donors (Lipinski definition) is 2. The van der Waals surface area contributed by atoms with E-state index in [0.717, 1.165) is 6.07 Å². The van der Waals surface area contributed by atoms with E-state index in [1.54, 1.807) is 12.1 Å². The molecule has 36 heavy (non-hydrogen) atoms. The summed E-state index contributed by atoms with van der Waals surface area (Å²) >= 11 is 6.05. The molecule has 0 atom stereocenters. The van der Waals surface area contributed by atoms with Gasteiger partial charge in [0.05, 0.1) is 22.0 Å². The molecule has 0 fully saturated rings. The third-order valence-corrected chi connectivity index (χ3v) is 5.01. The number of carbonyl (C=O) groups excluding carboxylic acids is 1. The fourth-order valence-electron chi connectivity index (χ4n) is 2.90. The number of nitrogens with two attached hydrogens (primary N) is 1. The molecule has 4 nitrogen and oxygen atoms in total. The zero-order chi connectivity index (χ0) is 26.7. The summed E-state index contributed by atoms with van der Waals surface area (Å²) in [4.78, 5) is 16.6. The molecule has 3 rings (SSSR count). The molecule has 3 aromatic rings. The van der Waals surface area contributed by atoms with Crippen LogP contribution in [-0.4, -0.2) is 17.8 Å². The summed E-state index contributed by atoms with van der Waals surface area (Å²) in [6.07, 6.45) is -9.18. The molecular weight excluding hydrogens is 515 g/mol. The van der Waals surface area contributed by atoms with Gasteiger partial charge >= 0.3 is 12.4 Å². The summed E-state index contributed by atoms with van der Waals surface area (Å²) in [5.41, 5.74) is 1.92. The molecular formula is C24H15ClF7N3O. The number of amides is 1. The molecule has 0 aliphatic carbocycles. The number of benzene rings is 3. The maximum atomic E-state index is 13.5. The lowest BCUT2D eigenvalue weighted by molar-refractivity contribution is -0.139. The van der Waals surface area contributed by atoms with E-state index in [-0.39, 0.29) is 33.2 Å². The molecule has 12 heteroatoms. The van der Waals surface area contributed by atoms with E-state index < -0.39 is 35.3 Å². The minimum atomic E-state index is -4.96. The van der Waals surface area contributed by atoms with E-state index in [1.165, 1.54) is 36.4 Å². The fourth-order valence-corrected chi connectivity index (χ4v) is 3.08. The molecule has 0 saturated carbocycles. The minimum Gasteiger partial charge on any atom is -0.395 e. The Kier molecular flexibility index (Phi) is 7.73. The monoisotopic (exact) mass is 529 g/mol. The Labute approximate surface area is 204 Å². The molecule has 0 unspecified atom stereocenters. The lowest BCUT2D eigenvalue weighted by atomic mass is 10.1. The number of aliphatic imine (C=N–C) groups is 1. The van der Waals surface area contributed by atoms with Crippen molar-refractivity contribution in [3.8, 4) is 0 Å². The molecule has 0 aliphatic rings. The standard InChI is InChI=1S/C24H15ClF7N3O/c25-17-3-1-2-4-19(17)35-20(12-21(33)24(30,31)32)13-5-7-14(8-6-13)22(36)34-15-9-10-18(26)16(11-15)23(27,28)29/h1-12H,33H2,(H,34,36). The summed E-state index contributed by atoms with van der Waals surface area (Å²) in [6, 6.07) is 13.1. The van der Waals surface area contributed by atoms with Gasteiger partial charge < -0.3 is 11.1 Å². The largest absolute Gasteiger partial charge is 0.430 e. The third-order valence-electron chi connectivity index (χ3n) is 4.69. The summed E-state index contributed by atoms with van der Waals surface area (Å²) in [6.45, 7) is 0. The fraction of sp³-hybridized carbons (Fsp3) is 0.0833. The van der Waals surface area contributed by atoms with Crippen molar-refractivity contribution in [1.29, 1.82) is 0 Å². The molecule has 0 heterocycles. The highest BCUT2D eigenvalue weighted by Crippen LogP contribution is 2.33. The number of anilines is 1. The number of halogens is 8. The van der Waals surface area contributed by atoms with Crippen molar-refractivity contribution >= 4 is 34.6 Å². The smallest absolute Gasteiger partial charge is 0.395 e. The Bertz CT molecular complexity index is 1330. The molecule has 188 valence electrons. The van der Waals surface area contributed by atoms with Crippen LogP contribution in [0.5, 0.6) is 0 Å². The summed E-state index contributed by atoms with van der Waals surface area (Å²) in [7, 11) is 0. The van der Waals surface area contributed by atoms with Crippen molar-refractivity contribution in [2.45, 2.75) is 12.4 Å². The molecule has 3 N–H and O–H groups in total. The minimum absolute atomic E-state index is 0.0403. The second kappa shape index (κ2) is 10.4. The van der Waals surface area contributed by atoms with Crippen LogP contribution < -0.4 is 11.1 Å². The number of nitrogens with one attached hydrogen (secondary N) is 1. The van der Waals surface area contributed by atoms with E-state index in [9.17, 15) is 35.5 Å². The second-order valence-corrected chi connectivity index (χ2v) is 7.68. The van der Waals surface area contributed by atoms with Crippen molar-refractivity contribution < 1.29 is 35.5 Å². The van der Waals surface area contributed by atoms with E-state index in [0.29, 0.717) is 18.2 Å². The lowest BCUT2D eigenvalue weighted by Crippen LogP contribution is -2.21. The van der Waals surface area contributed by atoms with E-state index in [2.05, 4.69) is 10.3 Å². The van der Waals surface area contributed by atoms with Crippen molar-refractivity contribution in [2.75, 3.05) is 5.32 Å². The van der Waals surface area contributed by atoms with Crippen LogP contribution in [0.2, 0.25) is 5.02 Å². The van der Waals surface area contributed by atoms with Crippen molar-refractivity contribution in [3.05, 3.63) is 106 Å². The van der Waals surface area contributed by atoms with E-state index >= 15 is 0 Å². The first kappa shape index (κ1) is 26.7. The van der Waals surface area contributed by atoms with E-state index in [4.69, 9.17) is 17.3 Å². The highest BCUT2D eigenvalue weighted by atomic mass is 35.5. The molecule has 1 amide bonds. The number of hydrogen-bond acceptors (Lipinski definition) is 3. The number of nitrogens with zero attached hydrogens (tertiary/aromatic N) is 1. The van der Waals surface area contributed by atoms with Crippen LogP contribution in [0.3, 0.4) is 0 Å². The van der Waals surface area contributed by atoms with Crippen LogP contribution in [0.1, 0.15) is 21.5 Å². The second-order valence-electron chi connectivity index (χ2n) is 7.27. The van der Waals surface area contributed by atoms with Crippen LogP contribution in [0.4, 0.5) is 42.1 Å². The van der Waals surface area contributed by atoms with Crippen LogP contribution in [0, 0.1) is 5.82 Å². The van der Waals surface area contributed by atoms with Gasteiger partial charge in [-0.2, -0.15) is 26.3 Å². The Morgan fingerprint density at radius 1 is 0.917 bits per heavy atom. The molecule has 0 bridgehead atoms. The van der Waals surface area contributed by atoms with Gasteiger partial charge in [0.15, 0.2) is 0 Å². The Balaban J connectivity index is 1.92. The van der Waals surface area contributed by atoms with Gasteiger partial charge in [0.2, 0.25) is 0 Å². The highest BCUT2D eigenvalue weighted by molar-refractivity contribution is 6.33. The predicted octanol–water partition coefficient (Wildman–Crippen LogP) is 7.28. The lowest BCUT2D eigenvalue weighted by Gasteiger charge is -2.12. The highest BCUT2D eigenvalue weighted by Gasteiger charge is 2.34. The number of para-hydroxylation sites is 1. The first-order chi connectivity index (χ1) is 16.8. The number of rotatable bonds is 5. The quantitative estimate of drug-likeness (QED) is 0.269. The maximum Gasteiger partial charge on any atom is 0.430 e. The van der Waals surface area contributed by atoms with Crippen LogP contribution >= 0.6 is 11.6 Å². The molecule has 0 saturated heterocycles. The third kappa shape index (κ3) is 6.63. The van der Waals surface area contributed by atoms with Gasteiger partial charge in [-0.1, -0.05) is 35.9 Å². The van der Waals surface area contributed by atoms with Crippen LogP contribution in [0.15, 0.2) is 83.5 Å². The molecule has 0 spiro atoms. The van der Waals surface area contributed by atoms with Gasteiger partial charge in [-0.25, -0.2) is 9.38 Å². The zero-order valence-electron chi connectivity index (χ0n) is 17.9. The Morgan fingerprint density at radius 2 is 1.53 bits per heavy atom. The first-order valence-electron chi connectivity index (χ1n) is 9.92. The number of alkyl halides is 6. The van der Waals surface area contributed by atoms with Gasteiger partial charge in [-0.05, 0) is 48.5 Å². The predicted molar refractivity (Wildman–Crippen MR) is 122 cm³/mol. The molecule has 3 aromatic carbocycles. The average molecular weight is 530 g/mol. The zero-order valence-corrected chi connectivity index (χ0v) is 18.6. The van der Waals surface area contributed by atoms with Crippen molar-refractivity contribution in [2.24, 2.45) is 10.7 Å². The summed E-state index contributed by atoms with van der Waals surface area (Å²) in [5.74, 6) is -2.34. The van der Waals surface area contributed by atoms with Gasteiger partial charge in [0.1, 0.15) is 11.5 Å². The first-order valence-corrected chi connectivity index (χ1v) is 10.3.